The van der Waals surface area contributed by atoms with Gasteiger partial charge in [0.1, 0.15) is 0 Å². The minimum Gasteiger partial charge on any atom is -0.314 e. The van der Waals surface area contributed by atoms with Gasteiger partial charge in [-0.1, -0.05) is 36.2 Å². The third-order valence-electron chi connectivity index (χ3n) is 3.31. The molecule has 0 unspecified atom stereocenters. The average Bonchev–Trinajstić information content (AvgIpc) is 2.35. The molecule has 0 amide bonds. The summed E-state index contributed by atoms with van der Waals surface area (Å²) in [5.41, 5.74) is 1.08. The van der Waals surface area contributed by atoms with Crippen LogP contribution in [0.15, 0.2) is 18.2 Å². The first kappa shape index (κ1) is 19.3. The Bertz CT molecular complexity index is 361. The van der Waals surface area contributed by atoms with Gasteiger partial charge in [0.05, 0.1) is 0 Å². The van der Waals surface area contributed by atoms with Crippen molar-refractivity contribution < 1.29 is 0 Å². The molecule has 2 nitrogen and oxygen atoms in total. The zero-order chi connectivity index (χ0) is 12.3. The fourth-order valence-corrected chi connectivity index (χ4v) is 3.12. The first-order valence-corrected chi connectivity index (χ1v) is 6.88. The minimum atomic E-state index is 0. The van der Waals surface area contributed by atoms with Gasteiger partial charge >= 0.3 is 0 Å². The van der Waals surface area contributed by atoms with Crippen molar-refractivity contribution in [1.29, 1.82) is 0 Å². The van der Waals surface area contributed by atoms with Gasteiger partial charge < -0.3 is 5.32 Å². The van der Waals surface area contributed by atoms with Crippen molar-refractivity contribution >= 4 is 48.0 Å². The molecule has 2 rings (SSSR count). The van der Waals surface area contributed by atoms with E-state index in [-0.39, 0.29) is 24.8 Å². The molecular weight excluding hydrogens is 326 g/mol. The normalized spacial score (nSPS) is 17.2. The summed E-state index contributed by atoms with van der Waals surface area (Å²) in [5.74, 6) is 0. The van der Waals surface area contributed by atoms with Crippen LogP contribution in [0.1, 0.15) is 24.9 Å². The predicted molar refractivity (Wildman–Crippen MR) is 88.4 cm³/mol. The lowest BCUT2D eigenvalue weighted by Crippen LogP contribution is -2.45. The molecule has 1 saturated heterocycles. The van der Waals surface area contributed by atoms with E-state index in [1.54, 1.807) is 0 Å². The summed E-state index contributed by atoms with van der Waals surface area (Å²) in [6.45, 7) is 6.38. The number of rotatable bonds is 3. The van der Waals surface area contributed by atoms with E-state index in [0.29, 0.717) is 6.04 Å². The molecule has 0 aliphatic carbocycles. The summed E-state index contributed by atoms with van der Waals surface area (Å²) in [6, 6.07) is 6.08. The number of nitrogens with one attached hydrogen (secondary N) is 1. The third kappa shape index (κ3) is 4.66. The SMILES string of the molecule is CC[C@H](c1c(Cl)cccc1Cl)N1CCNCC1.Cl.Cl. The first-order valence-electron chi connectivity index (χ1n) is 6.12. The number of hydrogen-bond acceptors (Lipinski definition) is 2. The molecule has 1 aliphatic heterocycles. The molecule has 110 valence electrons. The third-order valence-corrected chi connectivity index (χ3v) is 3.97. The minimum absolute atomic E-state index is 0. The van der Waals surface area contributed by atoms with Gasteiger partial charge in [0.15, 0.2) is 0 Å². The lowest BCUT2D eigenvalue weighted by Gasteiger charge is -2.35. The lowest BCUT2D eigenvalue weighted by atomic mass is 10.0. The molecule has 0 aromatic heterocycles. The summed E-state index contributed by atoms with van der Waals surface area (Å²) >= 11 is 12.6. The van der Waals surface area contributed by atoms with Crippen LogP contribution in [-0.2, 0) is 0 Å². The van der Waals surface area contributed by atoms with Crippen LogP contribution >= 0.6 is 48.0 Å². The summed E-state index contributed by atoms with van der Waals surface area (Å²) in [6.07, 6.45) is 1.03. The number of piperazine rings is 1. The number of benzene rings is 1. The molecule has 1 aromatic rings. The Labute approximate surface area is 137 Å². The van der Waals surface area contributed by atoms with E-state index in [1.807, 2.05) is 18.2 Å². The predicted octanol–water partition coefficient (Wildman–Crippen LogP) is 4.19. The maximum absolute atomic E-state index is 6.30. The quantitative estimate of drug-likeness (QED) is 0.883. The topological polar surface area (TPSA) is 15.3 Å². The molecule has 0 spiro atoms. The largest absolute Gasteiger partial charge is 0.314 e. The Hall–Kier alpha value is 0.300. The van der Waals surface area contributed by atoms with Crippen molar-refractivity contribution in [2.24, 2.45) is 0 Å². The average molecular weight is 346 g/mol. The second-order valence-electron chi connectivity index (χ2n) is 4.35. The molecule has 0 bridgehead atoms. The summed E-state index contributed by atoms with van der Waals surface area (Å²) in [7, 11) is 0. The molecule has 1 fully saturated rings. The molecule has 0 saturated carbocycles. The van der Waals surface area contributed by atoms with E-state index >= 15 is 0 Å². The van der Waals surface area contributed by atoms with Crippen LogP contribution in [0.4, 0.5) is 0 Å². The lowest BCUT2D eigenvalue weighted by molar-refractivity contribution is 0.169. The maximum Gasteiger partial charge on any atom is 0.0468 e. The van der Waals surface area contributed by atoms with Crippen LogP contribution in [0, 0.1) is 0 Å². The molecule has 1 N–H and O–H groups in total. The van der Waals surface area contributed by atoms with Crippen LogP contribution in [-0.4, -0.2) is 31.1 Å². The van der Waals surface area contributed by atoms with Gasteiger partial charge in [0.25, 0.3) is 0 Å². The second kappa shape index (κ2) is 9.28. The van der Waals surface area contributed by atoms with Crippen LogP contribution in [0.3, 0.4) is 0 Å². The molecule has 1 aromatic carbocycles. The van der Waals surface area contributed by atoms with Gasteiger partial charge in [-0.25, -0.2) is 0 Å². The Morgan fingerprint density at radius 2 is 1.68 bits per heavy atom. The van der Waals surface area contributed by atoms with Crippen molar-refractivity contribution in [2.45, 2.75) is 19.4 Å². The fourth-order valence-electron chi connectivity index (χ4n) is 2.47. The number of hydrogen-bond donors (Lipinski definition) is 1. The van der Waals surface area contributed by atoms with Crippen molar-refractivity contribution in [1.82, 2.24) is 10.2 Å². The highest BCUT2D eigenvalue weighted by Gasteiger charge is 2.24. The van der Waals surface area contributed by atoms with Crippen LogP contribution in [0.5, 0.6) is 0 Å². The van der Waals surface area contributed by atoms with Crippen molar-refractivity contribution in [3.63, 3.8) is 0 Å². The summed E-state index contributed by atoms with van der Waals surface area (Å²) < 4.78 is 0. The Morgan fingerprint density at radius 1 is 1.16 bits per heavy atom. The Kier molecular flexibility index (Phi) is 9.42. The van der Waals surface area contributed by atoms with E-state index in [4.69, 9.17) is 23.2 Å². The van der Waals surface area contributed by atoms with Gasteiger partial charge in [-0.3, -0.25) is 4.90 Å². The van der Waals surface area contributed by atoms with Crippen LogP contribution in [0.25, 0.3) is 0 Å². The van der Waals surface area contributed by atoms with Gasteiger partial charge in [-0.2, -0.15) is 0 Å². The van der Waals surface area contributed by atoms with Gasteiger partial charge in [0, 0.05) is 47.8 Å². The van der Waals surface area contributed by atoms with Crippen molar-refractivity contribution in [3.05, 3.63) is 33.8 Å². The Balaban J connectivity index is 0.00000162. The molecule has 19 heavy (non-hydrogen) atoms. The molecule has 0 radical (unpaired) electrons. The zero-order valence-corrected chi connectivity index (χ0v) is 14.0. The fraction of sp³-hybridized carbons (Fsp3) is 0.538. The van der Waals surface area contributed by atoms with Crippen molar-refractivity contribution in [2.75, 3.05) is 26.2 Å². The standard InChI is InChI=1S/C13H18Cl2N2.2ClH/c1-2-12(17-8-6-16-7-9-17)13-10(14)4-3-5-11(13)15;;/h3-5,12,16H,2,6-9H2,1H3;2*1H/t12-;;/m1../s1. The van der Waals surface area contributed by atoms with E-state index in [1.165, 1.54) is 0 Å². The highest BCUT2D eigenvalue weighted by molar-refractivity contribution is 6.36. The van der Waals surface area contributed by atoms with E-state index in [9.17, 15) is 0 Å². The monoisotopic (exact) mass is 344 g/mol. The van der Waals surface area contributed by atoms with Gasteiger partial charge in [-0.05, 0) is 18.6 Å². The molecular formula is C13H20Cl4N2. The van der Waals surface area contributed by atoms with E-state index in [0.717, 1.165) is 48.2 Å². The van der Waals surface area contributed by atoms with Crippen LogP contribution in [0.2, 0.25) is 10.0 Å². The second-order valence-corrected chi connectivity index (χ2v) is 5.16. The van der Waals surface area contributed by atoms with Gasteiger partial charge in [0.2, 0.25) is 0 Å². The summed E-state index contributed by atoms with van der Waals surface area (Å²) in [4.78, 5) is 2.46. The molecule has 1 atom stereocenters. The van der Waals surface area contributed by atoms with Gasteiger partial charge in [-0.15, -0.1) is 24.8 Å². The number of nitrogens with zero attached hydrogens (tertiary/aromatic N) is 1. The van der Waals surface area contributed by atoms with E-state index < -0.39 is 0 Å². The maximum atomic E-state index is 6.30. The van der Waals surface area contributed by atoms with Crippen LogP contribution < -0.4 is 5.32 Å². The molecule has 6 heteroatoms. The van der Waals surface area contributed by atoms with Crippen molar-refractivity contribution in [3.8, 4) is 0 Å². The highest BCUT2D eigenvalue weighted by Crippen LogP contribution is 2.35. The molecule has 1 aliphatic rings. The highest BCUT2D eigenvalue weighted by atomic mass is 35.5. The number of halogens is 4. The summed E-state index contributed by atoms with van der Waals surface area (Å²) in [5, 5.41) is 4.93. The first-order chi connectivity index (χ1) is 8.24. The molecule has 1 heterocycles. The van der Waals surface area contributed by atoms with E-state index in [2.05, 4.69) is 17.1 Å². The smallest absolute Gasteiger partial charge is 0.0468 e. The zero-order valence-electron chi connectivity index (χ0n) is 10.9. The Morgan fingerprint density at radius 3 is 2.16 bits per heavy atom.